The second-order valence-corrected chi connectivity index (χ2v) is 5.48. The minimum Gasteiger partial charge on any atom is -0.336 e. The van der Waals surface area contributed by atoms with Crippen LogP contribution >= 0.6 is 0 Å². The van der Waals surface area contributed by atoms with E-state index in [4.69, 9.17) is 0 Å². The predicted molar refractivity (Wildman–Crippen MR) is 78.4 cm³/mol. The zero-order valence-corrected chi connectivity index (χ0v) is 12.3. The Kier molecular flexibility index (Phi) is 5.12. The second kappa shape index (κ2) is 6.84. The van der Waals surface area contributed by atoms with Crippen molar-refractivity contribution < 1.29 is 9.18 Å². The molecule has 2 rings (SSSR count). The highest BCUT2D eigenvalue weighted by Crippen LogP contribution is 2.23. The Bertz CT molecular complexity index is 476. The van der Waals surface area contributed by atoms with Crippen molar-refractivity contribution in [3.63, 3.8) is 0 Å². The van der Waals surface area contributed by atoms with Crippen LogP contribution < -0.4 is 5.32 Å². The number of nitrogens with zero attached hydrogens (tertiary/aromatic N) is 1. The molecule has 0 bridgehead atoms. The lowest BCUT2D eigenvalue weighted by Crippen LogP contribution is -2.45. The number of rotatable bonds is 4. The fourth-order valence-electron chi connectivity index (χ4n) is 2.85. The smallest absolute Gasteiger partial charge is 0.257 e. The lowest BCUT2D eigenvalue weighted by atomic mass is 9.97. The van der Waals surface area contributed by atoms with E-state index in [1.165, 1.54) is 0 Å². The zero-order valence-electron chi connectivity index (χ0n) is 12.3. The van der Waals surface area contributed by atoms with Crippen LogP contribution in [0.1, 0.15) is 41.6 Å². The van der Waals surface area contributed by atoms with Crippen LogP contribution in [-0.2, 0) is 0 Å². The number of nitrogens with one attached hydrogen (secondary N) is 1. The molecule has 0 aromatic heterocycles. The molecule has 3 nitrogen and oxygen atoms in total. The molecule has 1 heterocycles. The molecular formula is C16H23FN2O. The molecule has 1 atom stereocenters. The Morgan fingerprint density at radius 2 is 2.25 bits per heavy atom. The van der Waals surface area contributed by atoms with E-state index in [1.807, 2.05) is 11.9 Å². The number of amides is 1. The summed E-state index contributed by atoms with van der Waals surface area (Å²) in [5, 5.41) is 3.12. The monoisotopic (exact) mass is 278 g/mol. The fraction of sp³-hybridized carbons (Fsp3) is 0.562. The molecule has 0 radical (unpaired) electrons. The average molecular weight is 278 g/mol. The van der Waals surface area contributed by atoms with E-state index >= 15 is 0 Å². The highest BCUT2D eigenvalue weighted by Gasteiger charge is 2.28. The zero-order chi connectivity index (χ0) is 14.5. The van der Waals surface area contributed by atoms with Gasteiger partial charge in [-0.05, 0) is 57.8 Å². The van der Waals surface area contributed by atoms with Crippen molar-refractivity contribution in [1.82, 2.24) is 10.2 Å². The first-order chi connectivity index (χ1) is 9.65. The summed E-state index contributed by atoms with van der Waals surface area (Å²) in [6.07, 6.45) is 4.10. The number of carbonyl (C=O) groups excluding carboxylic acids is 1. The molecule has 1 aliphatic rings. The number of likely N-dealkylation sites (tertiary alicyclic amines) is 1. The quantitative estimate of drug-likeness (QED) is 0.918. The van der Waals surface area contributed by atoms with Gasteiger partial charge in [0.1, 0.15) is 5.82 Å². The van der Waals surface area contributed by atoms with Gasteiger partial charge in [0.15, 0.2) is 0 Å². The van der Waals surface area contributed by atoms with Crippen LogP contribution in [0.15, 0.2) is 18.2 Å². The Morgan fingerprint density at radius 1 is 1.45 bits per heavy atom. The van der Waals surface area contributed by atoms with Crippen molar-refractivity contribution in [2.24, 2.45) is 0 Å². The molecule has 0 saturated carbocycles. The summed E-state index contributed by atoms with van der Waals surface area (Å²) in [5.74, 6) is -0.539. The van der Waals surface area contributed by atoms with E-state index in [-0.39, 0.29) is 23.3 Å². The molecule has 20 heavy (non-hydrogen) atoms. The number of aryl methyl sites for hydroxylation is 1. The third-order valence-corrected chi connectivity index (χ3v) is 4.04. The number of hydrogen-bond acceptors (Lipinski definition) is 2. The molecule has 1 aromatic carbocycles. The minimum atomic E-state index is -0.379. The molecule has 110 valence electrons. The number of hydrogen-bond donors (Lipinski definition) is 1. The highest BCUT2D eigenvalue weighted by atomic mass is 19.1. The highest BCUT2D eigenvalue weighted by molar-refractivity contribution is 5.95. The Labute approximate surface area is 120 Å². The summed E-state index contributed by atoms with van der Waals surface area (Å²) in [5.41, 5.74) is 0.737. The van der Waals surface area contributed by atoms with Crippen LogP contribution in [-0.4, -0.2) is 37.0 Å². The van der Waals surface area contributed by atoms with Crippen molar-refractivity contribution in [3.8, 4) is 0 Å². The van der Waals surface area contributed by atoms with Gasteiger partial charge in [-0.15, -0.1) is 0 Å². The summed E-state index contributed by atoms with van der Waals surface area (Å²) in [7, 11) is 1.91. The van der Waals surface area contributed by atoms with Crippen LogP contribution in [0.4, 0.5) is 4.39 Å². The van der Waals surface area contributed by atoms with E-state index in [0.717, 1.165) is 38.8 Å². The van der Waals surface area contributed by atoms with E-state index in [0.29, 0.717) is 5.56 Å². The normalized spacial score (nSPS) is 19.1. The fourth-order valence-corrected chi connectivity index (χ4v) is 2.85. The first kappa shape index (κ1) is 15.0. The van der Waals surface area contributed by atoms with E-state index in [1.54, 1.807) is 25.1 Å². The average Bonchev–Trinajstić information content (AvgIpc) is 2.47. The summed E-state index contributed by atoms with van der Waals surface area (Å²) < 4.78 is 14.1. The van der Waals surface area contributed by atoms with Crippen LogP contribution in [0.5, 0.6) is 0 Å². The lowest BCUT2D eigenvalue weighted by molar-refractivity contribution is 0.0597. The molecule has 4 heteroatoms. The van der Waals surface area contributed by atoms with Gasteiger partial charge in [0.2, 0.25) is 0 Å². The first-order valence-corrected chi connectivity index (χ1v) is 7.36. The molecule has 1 aliphatic heterocycles. The Morgan fingerprint density at radius 3 is 3.00 bits per heavy atom. The number of benzene rings is 1. The third-order valence-electron chi connectivity index (χ3n) is 4.04. The van der Waals surface area contributed by atoms with E-state index < -0.39 is 0 Å². The standard InChI is InChI=1S/C16H23FN2O/c1-12-6-5-8-14(15(12)17)16(20)19-11-4-3-7-13(19)9-10-18-2/h5-6,8,13,18H,3-4,7,9-11H2,1-2H3. The molecule has 0 spiro atoms. The Hall–Kier alpha value is -1.42. The Balaban J connectivity index is 2.18. The largest absolute Gasteiger partial charge is 0.336 e. The molecule has 1 unspecified atom stereocenters. The molecule has 1 saturated heterocycles. The van der Waals surface area contributed by atoms with Gasteiger partial charge < -0.3 is 10.2 Å². The van der Waals surface area contributed by atoms with Crippen LogP contribution in [0.3, 0.4) is 0 Å². The molecular weight excluding hydrogens is 255 g/mol. The van der Waals surface area contributed by atoms with Crippen molar-refractivity contribution in [1.29, 1.82) is 0 Å². The first-order valence-electron chi connectivity index (χ1n) is 7.36. The SMILES string of the molecule is CNCCC1CCCCN1C(=O)c1cccc(C)c1F. The maximum Gasteiger partial charge on any atom is 0.257 e. The summed E-state index contributed by atoms with van der Waals surface area (Å²) in [6.45, 7) is 3.31. The molecule has 1 fully saturated rings. The van der Waals surface area contributed by atoms with Crippen molar-refractivity contribution >= 4 is 5.91 Å². The lowest BCUT2D eigenvalue weighted by Gasteiger charge is -2.36. The molecule has 1 N–H and O–H groups in total. The maximum absolute atomic E-state index is 14.1. The molecule has 1 amide bonds. The number of carbonyl (C=O) groups is 1. The van der Waals surface area contributed by atoms with Crippen molar-refractivity contribution in [2.45, 2.75) is 38.6 Å². The van der Waals surface area contributed by atoms with Crippen LogP contribution in [0.2, 0.25) is 0 Å². The predicted octanol–water partition coefficient (Wildman–Crippen LogP) is 2.74. The van der Waals surface area contributed by atoms with Gasteiger partial charge in [0, 0.05) is 12.6 Å². The molecule has 0 aliphatic carbocycles. The second-order valence-electron chi connectivity index (χ2n) is 5.48. The topological polar surface area (TPSA) is 32.3 Å². The van der Waals surface area contributed by atoms with Gasteiger partial charge in [-0.25, -0.2) is 4.39 Å². The van der Waals surface area contributed by atoms with Gasteiger partial charge in [-0.3, -0.25) is 4.79 Å². The van der Waals surface area contributed by atoms with Crippen LogP contribution in [0, 0.1) is 12.7 Å². The van der Waals surface area contributed by atoms with Crippen molar-refractivity contribution in [2.75, 3.05) is 20.1 Å². The molecule has 1 aromatic rings. The van der Waals surface area contributed by atoms with Gasteiger partial charge >= 0.3 is 0 Å². The summed E-state index contributed by atoms with van der Waals surface area (Å²) in [6, 6.07) is 5.26. The number of halogens is 1. The maximum atomic E-state index is 14.1. The van der Waals surface area contributed by atoms with Gasteiger partial charge in [-0.2, -0.15) is 0 Å². The number of piperidine rings is 1. The van der Waals surface area contributed by atoms with Crippen LogP contribution in [0.25, 0.3) is 0 Å². The summed E-state index contributed by atoms with van der Waals surface area (Å²) in [4.78, 5) is 14.5. The van der Waals surface area contributed by atoms with Gasteiger partial charge in [0.25, 0.3) is 5.91 Å². The van der Waals surface area contributed by atoms with E-state index in [9.17, 15) is 9.18 Å². The van der Waals surface area contributed by atoms with Gasteiger partial charge in [-0.1, -0.05) is 12.1 Å². The minimum absolute atomic E-state index is 0.160. The van der Waals surface area contributed by atoms with Crippen molar-refractivity contribution in [3.05, 3.63) is 35.1 Å². The third kappa shape index (κ3) is 3.18. The van der Waals surface area contributed by atoms with E-state index in [2.05, 4.69) is 5.32 Å². The summed E-state index contributed by atoms with van der Waals surface area (Å²) >= 11 is 0. The van der Waals surface area contributed by atoms with Gasteiger partial charge in [0.05, 0.1) is 5.56 Å².